The molecule has 0 aliphatic carbocycles. The zero-order valence-electron chi connectivity index (χ0n) is 17.0. The number of hydrogen-bond acceptors (Lipinski definition) is 5. The van der Waals surface area contributed by atoms with Crippen LogP contribution in [0.3, 0.4) is 0 Å². The van der Waals surface area contributed by atoms with Crippen LogP contribution in [0.2, 0.25) is 0 Å². The van der Waals surface area contributed by atoms with Gasteiger partial charge in [-0.15, -0.1) is 0 Å². The van der Waals surface area contributed by atoms with E-state index in [1.165, 1.54) is 0 Å². The van der Waals surface area contributed by atoms with Crippen molar-refractivity contribution in [1.82, 2.24) is 9.97 Å². The van der Waals surface area contributed by atoms with Gasteiger partial charge in [-0.05, 0) is 41.7 Å². The Morgan fingerprint density at radius 1 is 0.966 bits per heavy atom. The Kier molecular flexibility index (Phi) is 6.79. The first-order valence-corrected chi connectivity index (χ1v) is 9.75. The summed E-state index contributed by atoms with van der Waals surface area (Å²) in [5.41, 5.74) is 4.64. The van der Waals surface area contributed by atoms with Crippen LogP contribution in [0.5, 0.6) is 5.75 Å². The van der Waals surface area contributed by atoms with Crippen LogP contribution in [-0.4, -0.2) is 23.0 Å². The predicted octanol–water partition coefficient (Wildman–Crippen LogP) is 4.47. The minimum absolute atomic E-state index is 0.206. The zero-order chi connectivity index (χ0) is 20.6. The largest absolute Gasteiger partial charge is 0.497 e. The van der Waals surface area contributed by atoms with E-state index in [1.807, 2.05) is 42.5 Å². The van der Waals surface area contributed by atoms with E-state index >= 15 is 0 Å². The molecule has 6 nitrogen and oxygen atoms in total. The molecule has 2 N–H and O–H groups in total. The molecule has 6 heteroatoms. The van der Waals surface area contributed by atoms with Crippen molar-refractivity contribution >= 4 is 17.5 Å². The molecule has 1 amide bonds. The summed E-state index contributed by atoms with van der Waals surface area (Å²) in [4.78, 5) is 21.2. The Labute approximate surface area is 171 Å². The molecule has 0 saturated carbocycles. The van der Waals surface area contributed by atoms with E-state index in [2.05, 4.69) is 34.4 Å². The second-order valence-electron chi connectivity index (χ2n) is 6.61. The van der Waals surface area contributed by atoms with Crippen molar-refractivity contribution in [2.45, 2.75) is 33.2 Å². The lowest BCUT2D eigenvalue weighted by Crippen LogP contribution is -2.16. The van der Waals surface area contributed by atoms with Crippen molar-refractivity contribution in [3.8, 4) is 5.75 Å². The number of hydrogen-bond donors (Lipinski definition) is 2. The quantitative estimate of drug-likeness (QED) is 0.593. The molecule has 0 fully saturated rings. The van der Waals surface area contributed by atoms with Gasteiger partial charge in [-0.3, -0.25) is 4.79 Å². The van der Waals surface area contributed by atoms with Gasteiger partial charge in [0.15, 0.2) is 0 Å². The molecule has 29 heavy (non-hydrogen) atoms. The van der Waals surface area contributed by atoms with Gasteiger partial charge in [0, 0.05) is 24.6 Å². The standard InChI is InChI=1S/C23H26N4O2/c1-4-17-7-6-8-18(5-2)21(17)27-22(28)19-14-25-23(26-15-19)24-13-16-9-11-20(29-3)12-10-16/h6-12,14-15H,4-5,13H2,1-3H3,(H,27,28)(H,24,25,26). The van der Waals surface area contributed by atoms with Crippen molar-refractivity contribution in [3.63, 3.8) is 0 Å². The molecule has 0 unspecified atom stereocenters. The maximum absolute atomic E-state index is 12.7. The third-order valence-electron chi connectivity index (χ3n) is 4.76. The van der Waals surface area contributed by atoms with Gasteiger partial charge >= 0.3 is 0 Å². The molecule has 0 atom stereocenters. The number of carbonyl (C=O) groups is 1. The highest BCUT2D eigenvalue weighted by molar-refractivity contribution is 6.04. The lowest BCUT2D eigenvalue weighted by Gasteiger charge is -2.14. The number of ether oxygens (including phenoxy) is 1. The summed E-state index contributed by atoms with van der Waals surface area (Å²) in [7, 11) is 1.64. The fourth-order valence-corrected chi connectivity index (χ4v) is 3.05. The molecule has 1 heterocycles. The molecule has 150 valence electrons. The smallest absolute Gasteiger partial charge is 0.258 e. The number of aryl methyl sites for hydroxylation is 2. The fourth-order valence-electron chi connectivity index (χ4n) is 3.05. The van der Waals surface area contributed by atoms with Crippen LogP contribution >= 0.6 is 0 Å². The van der Waals surface area contributed by atoms with Crippen molar-refractivity contribution in [3.05, 3.63) is 77.1 Å². The Balaban J connectivity index is 1.64. The highest BCUT2D eigenvalue weighted by Crippen LogP contribution is 2.23. The first-order chi connectivity index (χ1) is 14.1. The fraction of sp³-hybridized carbons (Fsp3) is 0.261. The molecule has 0 aliphatic rings. The van der Waals surface area contributed by atoms with Gasteiger partial charge in [-0.25, -0.2) is 9.97 Å². The molecular weight excluding hydrogens is 364 g/mol. The number of nitrogens with one attached hydrogen (secondary N) is 2. The van der Waals surface area contributed by atoms with Crippen molar-refractivity contribution in [1.29, 1.82) is 0 Å². The van der Waals surface area contributed by atoms with Crippen LogP contribution in [0.15, 0.2) is 54.9 Å². The normalized spacial score (nSPS) is 10.4. The van der Waals surface area contributed by atoms with Crippen molar-refractivity contribution in [2.24, 2.45) is 0 Å². The molecule has 1 aromatic heterocycles. The lowest BCUT2D eigenvalue weighted by atomic mass is 10.0. The van der Waals surface area contributed by atoms with E-state index in [-0.39, 0.29) is 5.91 Å². The van der Waals surface area contributed by atoms with Gasteiger partial charge in [-0.1, -0.05) is 44.2 Å². The average Bonchev–Trinajstić information content (AvgIpc) is 2.78. The number of anilines is 2. The number of rotatable bonds is 8. The molecule has 2 aromatic carbocycles. The molecule has 0 spiro atoms. The molecule has 0 bridgehead atoms. The maximum atomic E-state index is 12.7. The van der Waals surface area contributed by atoms with E-state index in [0.717, 1.165) is 41.0 Å². The minimum Gasteiger partial charge on any atom is -0.497 e. The van der Waals surface area contributed by atoms with Gasteiger partial charge in [0.1, 0.15) is 5.75 Å². The van der Waals surface area contributed by atoms with Gasteiger partial charge in [0.05, 0.1) is 12.7 Å². The zero-order valence-corrected chi connectivity index (χ0v) is 17.0. The van der Waals surface area contributed by atoms with Crippen LogP contribution in [0, 0.1) is 0 Å². The summed E-state index contributed by atoms with van der Waals surface area (Å²) in [5.74, 6) is 1.08. The van der Waals surface area contributed by atoms with Gasteiger partial charge in [0.25, 0.3) is 5.91 Å². The predicted molar refractivity (Wildman–Crippen MR) is 116 cm³/mol. The van der Waals surface area contributed by atoms with Crippen LogP contribution in [0.25, 0.3) is 0 Å². The Hall–Kier alpha value is -3.41. The number of amides is 1. The summed E-state index contributed by atoms with van der Waals surface area (Å²) >= 11 is 0. The van der Waals surface area contributed by atoms with E-state index < -0.39 is 0 Å². The second-order valence-corrected chi connectivity index (χ2v) is 6.61. The molecule has 0 aliphatic heterocycles. The molecule has 0 saturated heterocycles. The Bertz CT molecular complexity index is 931. The third-order valence-corrected chi connectivity index (χ3v) is 4.76. The summed E-state index contributed by atoms with van der Waals surface area (Å²) in [6.45, 7) is 4.74. The van der Waals surface area contributed by atoms with E-state index in [4.69, 9.17) is 4.74 Å². The molecular formula is C23H26N4O2. The molecule has 3 rings (SSSR count). The molecule has 3 aromatic rings. The molecule has 0 radical (unpaired) electrons. The number of methoxy groups -OCH3 is 1. The summed E-state index contributed by atoms with van der Waals surface area (Å²) in [5, 5.41) is 6.19. The maximum Gasteiger partial charge on any atom is 0.258 e. The Morgan fingerprint density at radius 3 is 2.14 bits per heavy atom. The first-order valence-electron chi connectivity index (χ1n) is 9.75. The van der Waals surface area contributed by atoms with Crippen LogP contribution in [0.1, 0.15) is 40.9 Å². The first kappa shape index (κ1) is 20.3. The van der Waals surface area contributed by atoms with E-state index in [0.29, 0.717) is 18.1 Å². The van der Waals surface area contributed by atoms with Crippen molar-refractivity contribution in [2.75, 3.05) is 17.7 Å². The lowest BCUT2D eigenvalue weighted by molar-refractivity contribution is 0.102. The van der Waals surface area contributed by atoms with Gasteiger partial charge in [0.2, 0.25) is 5.95 Å². The third kappa shape index (κ3) is 5.10. The number of benzene rings is 2. The highest BCUT2D eigenvalue weighted by Gasteiger charge is 2.12. The number of para-hydroxylation sites is 1. The summed E-state index contributed by atoms with van der Waals surface area (Å²) in [6, 6.07) is 13.9. The average molecular weight is 390 g/mol. The van der Waals surface area contributed by atoms with Gasteiger partial charge in [-0.2, -0.15) is 0 Å². The number of nitrogens with zero attached hydrogens (tertiary/aromatic N) is 2. The minimum atomic E-state index is -0.206. The van der Waals surface area contributed by atoms with Crippen LogP contribution in [0.4, 0.5) is 11.6 Å². The van der Waals surface area contributed by atoms with E-state index in [9.17, 15) is 4.79 Å². The summed E-state index contributed by atoms with van der Waals surface area (Å²) < 4.78 is 5.16. The second kappa shape index (κ2) is 9.68. The van der Waals surface area contributed by atoms with Crippen LogP contribution < -0.4 is 15.4 Å². The summed E-state index contributed by atoms with van der Waals surface area (Å²) in [6.07, 6.45) is 4.79. The number of aromatic nitrogens is 2. The monoisotopic (exact) mass is 390 g/mol. The van der Waals surface area contributed by atoms with Gasteiger partial charge < -0.3 is 15.4 Å². The topological polar surface area (TPSA) is 76.1 Å². The number of carbonyl (C=O) groups excluding carboxylic acids is 1. The Morgan fingerprint density at radius 2 is 1.59 bits per heavy atom. The van der Waals surface area contributed by atoms with E-state index in [1.54, 1.807) is 19.5 Å². The highest BCUT2D eigenvalue weighted by atomic mass is 16.5. The van der Waals surface area contributed by atoms with Crippen LogP contribution in [-0.2, 0) is 19.4 Å². The van der Waals surface area contributed by atoms with Crippen molar-refractivity contribution < 1.29 is 9.53 Å². The SMILES string of the molecule is CCc1cccc(CC)c1NC(=O)c1cnc(NCc2ccc(OC)cc2)nc1.